The normalized spacial score (nSPS) is 13.9. The van der Waals surface area contributed by atoms with Gasteiger partial charge in [0.15, 0.2) is 12.2 Å². The molecule has 0 aromatic rings. The smallest absolute Gasteiger partial charge is 0.308 e. The van der Waals surface area contributed by atoms with Crippen molar-refractivity contribution in [2.24, 2.45) is 11.8 Å². The van der Waals surface area contributed by atoms with Crippen molar-refractivity contribution in [3.8, 4) is 0 Å². The molecule has 0 rings (SSSR count). The van der Waals surface area contributed by atoms with Crippen LogP contribution in [0.2, 0.25) is 0 Å². The third-order valence-electron chi connectivity index (χ3n) is 7.08. The molecule has 0 aliphatic heterocycles. The molecule has 11 nitrogen and oxygen atoms in total. The molecule has 43 heavy (non-hydrogen) atoms. The van der Waals surface area contributed by atoms with Gasteiger partial charge in [0.05, 0.1) is 25.0 Å². The van der Waals surface area contributed by atoms with Gasteiger partial charge in [-0.1, -0.05) is 79.1 Å². The molecule has 0 aliphatic rings. The van der Waals surface area contributed by atoms with E-state index < -0.39 is 37.4 Å². The van der Waals surface area contributed by atoms with E-state index in [0.717, 1.165) is 64.2 Å². The molecule has 0 aliphatic carbocycles. The van der Waals surface area contributed by atoms with E-state index in [0.29, 0.717) is 25.9 Å². The van der Waals surface area contributed by atoms with Crippen LogP contribution < -0.4 is 5.32 Å². The second-order valence-corrected chi connectivity index (χ2v) is 11.3. The lowest BCUT2D eigenvalue weighted by Crippen LogP contribution is -2.30. The highest BCUT2D eigenvalue weighted by Gasteiger charge is 2.20. The number of rotatable bonds is 28. The number of ether oxygens (including phenoxy) is 4. The Hall–Kier alpha value is -2.24. The fourth-order valence-corrected chi connectivity index (χ4v) is 4.20. The molecule has 4 atom stereocenters. The average Bonchev–Trinajstić information content (AvgIpc) is 3.00. The summed E-state index contributed by atoms with van der Waals surface area (Å²) in [5.41, 5.74) is 0. The highest BCUT2D eigenvalue weighted by atomic mass is 16.6. The number of hydrogen-bond acceptors (Lipinski definition) is 11. The van der Waals surface area contributed by atoms with E-state index in [-0.39, 0.29) is 49.8 Å². The first-order chi connectivity index (χ1) is 20.7. The van der Waals surface area contributed by atoms with Crippen LogP contribution in [0.15, 0.2) is 0 Å². The summed E-state index contributed by atoms with van der Waals surface area (Å²) in [4.78, 5) is 48.4. The van der Waals surface area contributed by atoms with Gasteiger partial charge in [0.1, 0.15) is 13.2 Å². The molecule has 0 saturated carbocycles. The van der Waals surface area contributed by atoms with Gasteiger partial charge in [0, 0.05) is 12.8 Å². The van der Waals surface area contributed by atoms with Crippen LogP contribution in [0.3, 0.4) is 0 Å². The Balaban J connectivity index is 3.99. The summed E-state index contributed by atoms with van der Waals surface area (Å²) in [5.74, 6) is -2.16. The summed E-state index contributed by atoms with van der Waals surface area (Å²) >= 11 is 0. The zero-order chi connectivity index (χ0) is 32.3. The summed E-state index contributed by atoms with van der Waals surface area (Å²) in [7, 11) is 0. The van der Waals surface area contributed by atoms with E-state index in [9.17, 15) is 29.4 Å². The highest BCUT2D eigenvalue weighted by molar-refractivity contribution is 5.72. The van der Waals surface area contributed by atoms with Crippen molar-refractivity contribution in [2.75, 3.05) is 39.5 Å². The van der Waals surface area contributed by atoms with Gasteiger partial charge in [-0.2, -0.15) is 0 Å². The lowest BCUT2D eigenvalue weighted by molar-refractivity contribution is -0.163. The Morgan fingerprint density at radius 3 is 1.35 bits per heavy atom. The second-order valence-electron chi connectivity index (χ2n) is 11.3. The number of nitrogens with one attached hydrogen (secondary N) is 1. The summed E-state index contributed by atoms with van der Waals surface area (Å²) in [6, 6.07) is 0. The molecule has 0 heterocycles. The quantitative estimate of drug-likeness (QED) is 0.0655. The second kappa shape index (κ2) is 27.3. The van der Waals surface area contributed by atoms with Gasteiger partial charge < -0.3 is 34.5 Å². The summed E-state index contributed by atoms with van der Waals surface area (Å²) in [5, 5.41) is 22.1. The van der Waals surface area contributed by atoms with Gasteiger partial charge in [0.2, 0.25) is 0 Å². The Bertz CT molecular complexity index is 688. The first-order valence-electron chi connectivity index (χ1n) is 16.3. The zero-order valence-electron chi connectivity index (χ0n) is 27.1. The SMILES string of the molecule is CCCCCCC(C)C(=O)OCC(CO)OC(=O)CCCNCCCC(=O)OC(CO)COC(=O)C(C)CCCCCC. The average molecular weight is 618 g/mol. The largest absolute Gasteiger partial charge is 0.461 e. The number of carbonyl (C=O) groups is 4. The molecule has 0 radical (unpaired) electrons. The lowest BCUT2D eigenvalue weighted by Gasteiger charge is -2.18. The molecule has 0 amide bonds. The summed E-state index contributed by atoms with van der Waals surface area (Å²) < 4.78 is 20.9. The minimum atomic E-state index is -0.895. The molecule has 0 bridgehead atoms. The van der Waals surface area contributed by atoms with Crippen molar-refractivity contribution in [3.63, 3.8) is 0 Å². The van der Waals surface area contributed by atoms with E-state index in [1.165, 1.54) is 0 Å². The Kier molecular flexibility index (Phi) is 25.9. The molecule has 0 spiro atoms. The number of esters is 4. The number of unbranched alkanes of at least 4 members (excludes halogenated alkanes) is 6. The zero-order valence-corrected chi connectivity index (χ0v) is 27.1. The minimum Gasteiger partial charge on any atom is -0.461 e. The minimum absolute atomic E-state index is 0.127. The molecule has 0 aromatic carbocycles. The van der Waals surface area contributed by atoms with E-state index >= 15 is 0 Å². The predicted molar refractivity (Wildman–Crippen MR) is 163 cm³/mol. The third-order valence-corrected chi connectivity index (χ3v) is 7.08. The van der Waals surface area contributed by atoms with Gasteiger partial charge >= 0.3 is 23.9 Å². The number of aliphatic hydroxyl groups is 2. The third kappa shape index (κ3) is 22.9. The Morgan fingerprint density at radius 2 is 1.00 bits per heavy atom. The van der Waals surface area contributed by atoms with Crippen molar-refractivity contribution in [1.29, 1.82) is 0 Å². The lowest BCUT2D eigenvalue weighted by atomic mass is 10.0. The summed E-state index contributed by atoms with van der Waals surface area (Å²) in [6.07, 6.45) is 9.55. The van der Waals surface area contributed by atoms with Crippen LogP contribution in [-0.2, 0) is 38.1 Å². The number of hydrogen-bond donors (Lipinski definition) is 3. The molecular formula is C32H59NO10. The highest BCUT2D eigenvalue weighted by Crippen LogP contribution is 2.14. The van der Waals surface area contributed by atoms with Crippen LogP contribution >= 0.6 is 0 Å². The first kappa shape index (κ1) is 40.8. The van der Waals surface area contributed by atoms with Gasteiger partial charge in [0.25, 0.3) is 0 Å². The van der Waals surface area contributed by atoms with Crippen LogP contribution in [0.1, 0.15) is 118 Å². The first-order valence-corrected chi connectivity index (χ1v) is 16.3. The molecular weight excluding hydrogens is 558 g/mol. The molecule has 0 saturated heterocycles. The molecule has 252 valence electrons. The van der Waals surface area contributed by atoms with Crippen molar-refractivity contribution in [2.45, 2.75) is 130 Å². The fourth-order valence-electron chi connectivity index (χ4n) is 4.20. The van der Waals surface area contributed by atoms with Crippen LogP contribution in [-0.4, -0.2) is 85.8 Å². The molecule has 11 heteroatoms. The van der Waals surface area contributed by atoms with E-state index in [2.05, 4.69) is 19.2 Å². The topological polar surface area (TPSA) is 158 Å². The maximum atomic E-state index is 12.1. The number of carbonyl (C=O) groups excluding carboxylic acids is 4. The van der Waals surface area contributed by atoms with Gasteiger partial charge in [-0.25, -0.2) is 0 Å². The van der Waals surface area contributed by atoms with Crippen LogP contribution in [0, 0.1) is 11.8 Å². The van der Waals surface area contributed by atoms with E-state index in [1.807, 2.05) is 13.8 Å². The van der Waals surface area contributed by atoms with E-state index in [4.69, 9.17) is 18.9 Å². The monoisotopic (exact) mass is 617 g/mol. The van der Waals surface area contributed by atoms with Gasteiger partial charge in [-0.05, 0) is 38.8 Å². The maximum Gasteiger partial charge on any atom is 0.308 e. The van der Waals surface area contributed by atoms with Crippen molar-refractivity contribution in [3.05, 3.63) is 0 Å². The van der Waals surface area contributed by atoms with Crippen molar-refractivity contribution in [1.82, 2.24) is 5.32 Å². The van der Waals surface area contributed by atoms with Gasteiger partial charge in [-0.3, -0.25) is 19.2 Å². The van der Waals surface area contributed by atoms with Crippen molar-refractivity contribution >= 4 is 23.9 Å². The standard InChI is InChI=1S/C32H59NO10/c1-5-7-9-11-15-25(3)31(38)40-23-27(21-34)42-29(36)17-13-19-33-20-14-18-30(37)43-28(22-35)24-41-32(39)26(4)16-12-10-8-6-2/h25-28,33-35H,5-24H2,1-4H3. The molecule has 4 unspecified atom stereocenters. The van der Waals surface area contributed by atoms with Crippen LogP contribution in [0.4, 0.5) is 0 Å². The Morgan fingerprint density at radius 1 is 0.605 bits per heavy atom. The van der Waals surface area contributed by atoms with Crippen LogP contribution in [0.5, 0.6) is 0 Å². The fraction of sp³-hybridized carbons (Fsp3) is 0.875. The Labute approximate surface area is 258 Å². The van der Waals surface area contributed by atoms with Crippen molar-refractivity contribution < 1.29 is 48.3 Å². The predicted octanol–water partition coefficient (Wildman–Crippen LogP) is 4.24. The molecule has 0 aromatic heterocycles. The molecule has 3 N–H and O–H groups in total. The van der Waals surface area contributed by atoms with Crippen LogP contribution in [0.25, 0.3) is 0 Å². The van der Waals surface area contributed by atoms with Gasteiger partial charge in [-0.15, -0.1) is 0 Å². The number of aliphatic hydroxyl groups excluding tert-OH is 2. The van der Waals surface area contributed by atoms with E-state index in [1.54, 1.807) is 0 Å². The maximum absolute atomic E-state index is 12.1. The molecule has 0 fully saturated rings. The summed E-state index contributed by atoms with van der Waals surface area (Å²) in [6.45, 7) is 7.70.